The molecule has 1 saturated heterocycles. The van der Waals surface area contributed by atoms with E-state index in [0.29, 0.717) is 6.42 Å². The van der Waals surface area contributed by atoms with Crippen molar-refractivity contribution in [3.63, 3.8) is 0 Å². The summed E-state index contributed by atoms with van der Waals surface area (Å²) in [5, 5.41) is 3.16. The van der Waals surface area contributed by atoms with Gasteiger partial charge in [0.25, 0.3) is 0 Å². The van der Waals surface area contributed by atoms with Gasteiger partial charge in [0.2, 0.25) is 0 Å². The third kappa shape index (κ3) is 2.75. The first kappa shape index (κ1) is 8.94. The van der Waals surface area contributed by atoms with E-state index in [1.165, 1.54) is 0 Å². The van der Waals surface area contributed by atoms with Crippen LogP contribution in [-0.2, 0) is 0 Å². The molecule has 1 rings (SSSR count). The van der Waals surface area contributed by atoms with E-state index in [1.807, 2.05) is 14.1 Å². The number of nitrogens with zero attached hydrogens (tertiary/aromatic N) is 1. The van der Waals surface area contributed by atoms with Crippen LogP contribution in [0.5, 0.6) is 0 Å². The minimum atomic E-state index is -0.616. The Morgan fingerprint density at radius 2 is 2.27 bits per heavy atom. The van der Waals surface area contributed by atoms with E-state index in [1.54, 1.807) is 0 Å². The smallest absolute Gasteiger partial charge is 0.117 e. The number of hydrogen-bond acceptors (Lipinski definition) is 2. The van der Waals surface area contributed by atoms with Gasteiger partial charge in [0.05, 0.1) is 0 Å². The van der Waals surface area contributed by atoms with E-state index in [2.05, 4.69) is 10.2 Å². The normalized spacial score (nSPS) is 31.6. The molecule has 1 fully saturated rings. The van der Waals surface area contributed by atoms with Crippen molar-refractivity contribution in [2.75, 3.05) is 27.2 Å². The molecular formula is C8H17FN2. The number of rotatable bonds is 3. The molecule has 0 aromatic heterocycles. The van der Waals surface area contributed by atoms with Gasteiger partial charge >= 0.3 is 0 Å². The van der Waals surface area contributed by atoms with E-state index in [-0.39, 0.29) is 6.04 Å². The summed E-state index contributed by atoms with van der Waals surface area (Å²) in [4.78, 5) is 2.09. The van der Waals surface area contributed by atoms with Gasteiger partial charge in [0.15, 0.2) is 0 Å². The monoisotopic (exact) mass is 160 g/mol. The summed E-state index contributed by atoms with van der Waals surface area (Å²) in [6.07, 6.45) is 1.00. The number of halogens is 1. The summed E-state index contributed by atoms with van der Waals surface area (Å²) in [5.41, 5.74) is 0. The molecule has 1 aliphatic heterocycles. The third-order valence-electron chi connectivity index (χ3n) is 2.15. The van der Waals surface area contributed by atoms with Crippen LogP contribution in [0, 0.1) is 0 Å². The Hall–Kier alpha value is -0.150. The lowest BCUT2D eigenvalue weighted by Crippen LogP contribution is -2.31. The third-order valence-corrected chi connectivity index (χ3v) is 2.15. The summed E-state index contributed by atoms with van der Waals surface area (Å²) >= 11 is 0. The zero-order chi connectivity index (χ0) is 8.27. The molecule has 11 heavy (non-hydrogen) atoms. The summed E-state index contributed by atoms with van der Waals surface area (Å²) in [6.45, 7) is 1.82. The van der Waals surface area contributed by atoms with E-state index in [0.717, 1.165) is 19.5 Å². The average molecular weight is 160 g/mol. The Morgan fingerprint density at radius 3 is 2.73 bits per heavy atom. The molecule has 0 amide bonds. The fraction of sp³-hybridized carbons (Fsp3) is 1.00. The Balaban J connectivity index is 2.15. The second-order valence-electron chi connectivity index (χ2n) is 3.46. The quantitative estimate of drug-likeness (QED) is 0.651. The number of hydrogen-bond donors (Lipinski definition) is 1. The lowest BCUT2D eigenvalue weighted by Gasteiger charge is -2.15. The summed E-state index contributed by atoms with van der Waals surface area (Å²) in [6, 6.07) is 0.109. The van der Waals surface area contributed by atoms with E-state index >= 15 is 0 Å². The molecule has 0 spiro atoms. The van der Waals surface area contributed by atoms with Crippen LogP contribution in [0.2, 0.25) is 0 Å². The highest BCUT2D eigenvalue weighted by Gasteiger charge is 2.25. The summed E-state index contributed by atoms with van der Waals surface area (Å²) < 4.78 is 13.0. The van der Waals surface area contributed by atoms with E-state index in [9.17, 15) is 4.39 Å². The second kappa shape index (κ2) is 4.02. The molecule has 0 bridgehead atoms. The summed E-state index contributed by atoms with van der Waals surface area (Å²) in [5.74, 6) is 0. The maximum atomic E-state index is 13.0. The topological polar surface area (TPSA) is 15.3 Å². The highest BCUT2D eigenvalue weighted by molar-refractivity contribution is 4.83. The van der Waals surface area contributed by atoms with Crippen molar-refractivity contribution in [2.45, 2.75) is 25.1 Å². The van der Waals surface area contributed by atoms with Gasteiger partial charge in [-0.15, -0.1) is 0 Å². The van der Waals surface area contributed by atoms with Crippen LogP contribution in [0.3, 0.4) is 0 Å². The van der Waals surface area contributed by atoms with Crippen molar-refractivity contribution in [1.29, 1.82) is 0 Å². The molecule has 1 heterocycles. The van der Waals surface area contributed by atoms with Gasteiger partial charge in [-0.05, 0) is 40.0 Å². The van der Waals surface area contributed by atoms with Crippen molar-refractivity contribution >= 4 is 0 Å². The molecule has 0 aromatic rings. The first-order valence-electron chi connectivity index (χ1n) is 4.22. The predicted molar refractivity (Wildman–Crippen MR) is 44.5 cm³/mol. The average Bonchev–Trinajstić information content (AvgIpc) is 2.31. The molecule has 3 heteroatoms. The standard InChI is InChI=1S/C8H17FN2/c1-11(2)6-4-8-7(9)3-5-10-8/h7-8,10H,3-6H2,1-2H3. The van der Waals surface area contributed by atoms with Crippen LogP contribution in [-0.4, -0.2) is 44.3 Å². The minimum Gasteiger partial charge on any atom is -0.311 e. The van der Waals surface area contributed by atoms with Crippen molar-refractivity contribution < 1.29 is 4.39 Å². The van der Waals surface area contributed by atoms with Crippen molar-refractivity contribution in [2.24, 2.45) is 0 Å². The molecule has 1 aliphatic rings. The van der Waals surface area contributed by atoms with Crippen LogP contribution >= 0.6 is 0 Å². The molecular weight excluding hydrogens is 143 g/mol. The molecule has 1 N–H and O–H groups in total. The Labute approximate surface area is 67.8 Å². The molecule has 2 atom stereocenters. The molecule has 2 nitrogen and oxygen atoms in total. The van der Waals surface area contributed by atoms with Gasteiger partial charge < -0.3 is 10.2 Å². The molecule has 0 saturated carbocycles. The van der Waals surface area contributed by atoms with Gasteiger partial charge in [-0.3, -0.25) is 0 Å². The van der Waals surface area contributed by atoms with Crippen LogP contribution < -0.4 is 5.32 Å². The van der Waals surface area contributed by atoms with Gasteiger partial charge in [-0.1, -0.05) is 0 Å². The zero-order valence-electron chi connectivity index (χ0n) is 7.31. The second-order valence-corrected chi connectivity index (χ2v) is 3.46. The zero-order valence-corrected chi connectivity index (χ0v) is 7.31. The Morgan fingerprint density at radius 1 is 1.55 bits per heavy atom. The molecule has 0 radical (unpaired) electrons. The van der Waals surface area contributed by atoms with Crippen molar-refractivity contribution in [1.82, 2.24) is 10.2 Å². The number of alkyl halides is 1. The van der Waals surface area contributed by atoms with Gasteiger partial charge in [0.1, 0.15) is 6.17 Å². The van der Waals surface area contributed by atoms with E-state index < -0.39 is 6.17 Å². The SMILES string of the molecule is CN(C)CCC1NCCC1F. The Bertz CT molecular complexity index is 117. The minimum absolute atomic E-state index is 0.109. The molecule has 2 unspecified atom stereocenters. The fourth-order valence-electron chi connectivity index (χ4n) is 1.42. The fourth-order valence-corrected chi connectivity index (χ4v) is 1.42. The maximum Gasteiger partial charge on any atom is 0.117 e. The highest BCUT2D eigenvalue weighted by atomic mass is 19.1. The Kier molecular flexibility index (Phi) is 3.27. The maximum absolute atomic E-state index is 13.0. The van der Waals surface area contributed by atoms with Gasteiger partial charge in [-0.25, -0.2) is 4.39 Å². The lowest BCUT2D eigenvalue weighted by molar-refractivity contribution is 0.270. The van der Waals surface area contributed by atoms with E-state index in [4.69, 9.17) is 0 Å². The predicted octanol–water partition coefficient (Wildman–Crippen LogP) is 0.638. The number of nitrogens with one attached hydrogen (secondary N) is 1. The first-order valence-corrected chi connectivity index (χ1v) is 4.22. The summed E-state index contributed by atoms with van der Waals surface area (Å²) in [7, 11) is 4.03. The van der Waals surface area contributed by atoms with Crippen molar-refractivity contribution in [3.8, 4) is 0 Å². The van der Waals surface area contributed by atoms with Gasteiger partial charge in [0, 0.05) is 6.04 Å². The first-order chi connectivity index (χ1) is 5.20. The van der Waals surface area contributed by atoms with Crippen LogP contribution in [0.1, 0.15) is 12.8 Å². The van der Waals surface area contributed by atoms with Crippen LogP contribution in [0.15, 0.2) is 0 Å². The molecule has 66 valence electrons. The lowest BCUT2D eigenvalue weighted by atomic mass is 10.1. The van der Waals surface area contributed by atoms with Gasteiger partial charge in [-0.2, -0.15) is 0 Å². The largest absolute Gasteiger partial charge is 0.311 e. The van der Waals surface area contributed by atoms with Crippen LogP contribution in [0.4, 0.5) is 4.39 Å². The highest BCUT2D eigenvalue weighted by Crippen LogP contribution is 2.13. The van der Waals surface area contributed by atoms with Crippen molar-refractivity contribution in [3.05, 3.63) is 0 Å². The molecule has 0 aromatic carbocycles. The molecule has 0 aliphatic carbocycles. The van der Waals surface area contributed by atoms with Crippen LogP contribution in [0.25, 0.3) is 0 Å².